The van der Waals surface area contributed by atoms with Crippen LogP contribution in [-0.2, 0) is 11.3 Å². The quantitative estimate of drug-likeness (QED) is 0.768. The first-order chi connectivity index (χ1) is 8.75. The number of morpholine rings is 1. The van der Waals surface area contributed by atoms with Gasteiger partial charge >= 0.3 is 0 Å². The zero-order valence-electron chi connectivity index (χ0n) is 11.2. The molecular weight excluding hydrogens is 248 g/mol. The molecule has 0 radical (unpaired) electrons. The van der Waals surface area contributed by atoms with E-state index in [4.69, 9.17) is 4.74 Å². The highest BCUT2D eigenvalue weighted by Gasteiger charge is 2.09. The van der Waals surface area contributed by atoms with Gasteiger partial charge in [0.05, 0.1) is 13.2 Å². The van der Waals surface area contributed by atoms with E-state index in [1.807, 2.05) is 25.2 Å². The van der Waals surface area contributed by atoms with Gasteiger partial charge < -0.3 is 15.0 Å². The van der Waals surface area contributed by atoms with Crippen molar-refractivity contribution in [1.82, 2.24) is 15.2 Å². The van der Waals surface area contributed by atoms with Gasteiger partial charge in [-0.1, -0.05) is 0 Å². The van der Waals surface area contributed by atoms with Crippen LogP contribution in [-0.4, -0.2) is 63.4 Å². The van der Waals surface area contributed by atoms with Crippen LogP contribution in [0.4, 0.5) is 5.13 Å². The molecule has 0 spiro atoms. The molecule has 0 bridgehead atoms. The lowest BCUT2D eigenvalue weighted by molar-refractivity contribution is 0.0384. The lowest BCUT2D eigenvalue weighted by Crippen LogP contribution is -2.40. The number of aromatic nitrogens is 1. The molecule has 1 aliphatic rings. The van der Waals surface area contributed by atoms with Crippen molar-refractivity contribution in [2.75, 3.05) is 58.4 Å². The van der Waals surface area contributed by atoms with E-state index in [1.54, 1.807) is 11.3 Å². The molecule has 2 heterocycles. The van der Waals surface area contributed by atoms with Gasteiger partial charge in [-0.3, -0.25) is 4.90 Å². The van der Waals surface area contributed by atoms with Crippen LogP contribution >= 0.6 is 11.3 Å². The van der Waals surface area contributed by atoms with Crippen LogP contribution in [0.5, 0.6) is 0 Å². The summed E-state index contributed by atoms with van der Waals surface area (Å²) in [4.78, 5) is 10.1. The number of ether oxygens (including phenoxy) is 1. The van der Waals surface area contributed by atoms with Crippen molar-refractivity contribution in [3.63, 3.8) is 0 Å². The van der Waals surface area contributed by atoms with Crippen molar-refractivity contribution in [2.45, 2.75) is 6.54 Å². The molecule has 0 unspecified atom stereocenters. The molecule has 18 heavy (non-hydrogen) atoms. The van der Waals surface area contributed by atoms with Crippen molar-refractivity contribution >= 4 is 16.5 Å². The maximum Gasteiger partial charge on any atom is 0.185 e. The third-order valence-electron chi connectivity index (χ3n) is 2.93. The highest BCUT2D eigenvalue weighted by molar-refractivity contribution is 7.15. The zero-order chi connectivity index (χ0) is 12.8. The highest BCUT2D eigenvalue weighted by atomic mass is 32.1. The van der Waals surface area contributed by atoms with Crippen LogP contribution in [0.2, 0.25) is 0 Å². The van der Waals surface area contributed by atoms with Gasteiger partial charge in [0, 0.05) is 57.9 Å². The van der Waals surface area contributed by atoms with Gasteiger partial charge in [0.15, 0.2) is 5.13 Å². The second kappa shape index (κ2) is 7.04. The molecule has 102 valence electrons. The number of hydrogen-bond acceptors (Lipinski definition) is 6. The Labute approximate surface area is 113 Å². The summed E-state index contributed by atoms with van der Waals surface area (Å²) in [6.07, 6.45) is 1.96. The molecular formula is C12H22N4OS. The maximum atomic E-state index is 5.33. The summed E-state index contributed by atoms with van der Waals surface area (Å²) >= 11 is 1.75. The highest BCUT2D eigenvalue weighted by Crippen LogP contribution is 2.19. The van der Waals surface area contributed by atoms with Gasteiger partial charge in [0.1, 0.15) is 0 Å². The lowest BCUT2D eigenvalue weighted by Gasteiger charge is -2.26. The summed E-state index contributed by atoms with van der Waals surface area (Å²) in [7, 11) is 4.04. The Bertz CT molecular complexity index is 350. The SMILES string of the molecule is CN(C)c1ncc(CNCCN2CCOCC2)s1. The summed E-state index contributed by atoms with van der Waals surface area (Å²) in [5.41, 5.74) is 0. The Kier molecular flexibility index (Phi) is 5.37. The smallest absolute Gasteiger partial charge is 0.185 e. The fourth-order valence-corrected chi connectivity index (χ4v) is 2.66. The minimum Gasteiger partial charge on any atom is -0.379 e. The van der Waals surface area contributed by atoms with E-state index in [0.717, 1.165) is 51.1 Å². The molecule has 6 heteroatoms. The van der Waals surface area contributed by atoms with Gasteiger partial charge in [-0.25, -0.2) is 4.98 Å². The van der Waals surface area contributed by atoms with Crippen molar-refractivity contribution in [2.24, 2.45) is 0 Å². The number of thiazole rings is 1. The number of nitrogens with zero attached hydrogens (tertiary/aromatic N) is 3. The molecule has 0 atom stereocenters. The van der Waals surface area contributed by atoms with E-state index < -0.39 is 0 Å². The summed E-state index contributed by atoms with van der Waals surface area (Å²) in [6.45, 7) is 6.91. The van der Waals surface area contributed by atoms with Gasteiger partial charge in [-0.15, -0.1) is 11.3 Å². The summed E-state index contributed by atoms with van der Waals surface area (Å²) in [6, 6.07) is 0. The fourth-order valence-electron chi connectivity index (χ4n) is 1.86. The first-order valence-corrected chi connectivity index (χ1v) is 7.20. The Hall–Kier alpha value is -0.690. The van der Waals surface area contributed by atoms with Crippen molar-refractivity contribution in [3.8, 4) is 0 Å². The van der Waals surface area contributed by atoms with Gasteiger partial charge in [-0.2, -0.15) is 0 Å². The Morgan fingerprint density at radius 3 is 2.89 bits per heavy atom. The molecule has 1 N–H and O–H groups in total. The lowest BCUT2D eigenvalue weighted by atomic mass is 10.4. The minimum absolute atomic E-state index is 0.876. The van der Waals surface area contributed by atoms with Crippen LogP contribution in [0, 0.1) is 0 Å². The molecule has 1 aliphatic heterocycles. The summed E-state index contributed by atoms with van der Waals surface area (Å²) < 4.78 is 5.33. The van der Waals surface area contributed by atoms with Crippen molar-refractivity contribution < 1.29 is 4.74 Å². The monoisotopic (exact) mass is 270 g/mol. The first-order valence-electron chi connectivity index (χ1n) is 6.38. The van der Waals surface area contributed by atoms with Crippen LogP contribution < -0.4 is 10.2 Å². The average molecular weight is 270 g/mol. The predicted molar refractivity (Wildman–Crippen MR) is 75.4 cm³/mol. The molecule has 1 saturated heterocycles. The molecule has 5 nitrogen and oxygen atoms in total. The third-order valence-corrected chi connectivity index (χ3v) is 4.10. The predicted octanol–water partition coefficient (Wildman–Crippen LogP) is 0.631. The molecule has 1 fully saturated rings. The normalized spacial score (nSPS) is 17.0. The Morgan fingerprint density at radius 1 is 1.44 bits per heavy atom. The second-order valence-electron chi connectivity index (χ2n) is 4.63. The standard InChI is InChI=1S/C12H22N4OS/c1-15(2)12-14-10-11(18-12)9-13-3-4-16-5-7-17-8-6-16/h10,13H,3-9H2,1-2H3. The van der Waals surface area contributed by atoms with Crippen LogP contribution in [0.15, 0.2) is 6.20 Å². The third kappa shape index (κ3) is 4.20. The molecule has 0 saturated carbocycles. The summed E-state index contributed by atoms with van der Waals surface area (Å²) in [5, 5.41) is 4.54. The number of anilines is 1. The van der Waals surface area contributed by atoms with E-state index >= 15 is 0 Å². The van der Waals surface area contributed by atoms with Crippen LogP contribution in [0.3, 0.4) is 0 Å². The molecule has 2 rings (SSSR count). The van der Waals surface area contributed by atoms with E-state index in [1.165, 1.54) is 4.88 Å². The van der Waals surface area contributed by atoms with E-state index in [9.17, 15) is 0 Å². The fraction of sp³-hybridized carbons (Fsp3) is 0.750. The van der Waals surface area contributed by atoms with E-state index in [2.05, 4.69) is 15.2 Å². The van der Waals surface area contributed by atoms with Crippen molar-refractivity contribution in [1.29, 1.82) is 0 Å². The van der Waals surface area contributed by atoms with Gasteiger partial charge in [-0.05, 0) is 0 Å². The topological polar surface area (TPSA) is 40.6 Å². The summed E-state index contributed by atoms with van der Waals surface area (Å²) in [5.74, 6) is 0. The van der Waals surface area contributed by atoms with Crippen molar-refractivity contribution in [3.05, 3.63) is 11.1 Å². The van der Waals surface area contributed by atoms with Gasteiger partial charge in [0.2, 0.25) is 0 Å². The zero-order valence-corrected chi connectivity index (χ0v) is 12.0. The average Bonchev–Trinajstić information content (AvgIpc) is 2.85. The van der Waals surface area contributed by atoms with E-state index in [-0.39, 0.29) is 0 Å². The Balaban J connectivity index is 1.62. The number of hydrogen-bond donors (Lipinski definition) is 1. The number of rotatable bonds is 6. The van der Waals surface area contributed by atoms with Crippen LogP contribution in [0.25, 0.3) is 0 Å². The molecule has 0 aromatic carbocycles. The Morgan fingerprint density at radius 2 is 2.22 bits per heavy atom. The van der Waals surface area contributed by atoms with E-state index in [0.29, 0.717) is 0 Å². The second-order valence-corrected chi connectivity index (χ2v) is 5.73. The number of nitrogens with one attached hydrogen (secondary N) is 1. The first kappa shape index (κ1) is 13.7. The minimum atomic E-state index is 0.876. The largest absolute Gasteiger partial charge is 0.379 e. The molecule has 1 aromatic heterocycles. The molecule has 1 aromatic rings. The van der Waals surface area contributed by atoms with Gasteiger partial charge in [0.25, 0.3) is 0 Å². The van der Waals surface area contributed by atoms with Crippen LogP contribution in [0.1, 0.15) is 4.88 Å². The maximum absolute atomic E-state index is 5.33. The molecule has 0 amide bonds. The molecule has 0 aliphatic carbocycles.